The predicted molar refractivity (Wildman–Crippen MR) is 90.7 cm³/mol. The number of hydrogen-bond acceptors (Lipinski definition) is 4. The summed E-state index contributed by atoms with van der Waals surface area (Å²) >= 11 is 0. The number of ether oxygens (including phenoxy) is 1. The zero-order chi connectivity index (χ0) is 18.5. The van der Waals surface area contributed by atoms with E-state index in [0.717, 1.165) is 31.4 Å². The fraction of sp³-hybridized carbons (Fsp3) is 0.368. The summed E-state index contributed by atoms with van der Waals surface area (Å²) < 4.78 is 36.8. The van der Waals surface area contributed by atoms with Gasteiger partial charge in [-0.25, -0.2) is 8.78 Å². The molecule has 0 radical (unpaired) electrons. The molecule has 5 nitrogen and oxygen atoms in total. The number of amides is 1. The fourth-order valence-corrected chi connectivity index (χ4v) is 2.84. The summed E-state index contributed by atoms with van der Waals surface area (Å²) in [4.78, 5) is 14.4. The van der Waals surface area contributed by atoms with E-state index < -0.39 is 11.6 Å². The van der Waals surface area contributed by atoms with E-state index in [1.54, 1.807) is 4.90 Å². The van der Waals surface area contributed by atoms with Crippen LogP contribution in [0, 0.1) is 11.6 Å². The first-order valence-electron chi connectivity index (χ1n) is 8.59. The van der Waals surface area contributed by atoms with Gasteiger partial charge in [-0.2, -0.15) is 0 Å². The second-order valence-electron chi connectivity index (χ2n) is 6.14. The van der Waals surface area contributed by atoms with Crippen LogP contribution in [0.25, 0.3) is 0 Å². The van der Waals surface area contributed by atoms with Crippen molar-refractivity contribution in [2.75, 3.05) is 6.54 Å². The summed E-state index contributed by atoms with van der Waals surface area (Å²) in [7, 11) is 0. The third-order valence-corrected chi connectivity index (χ3v) is 4.22. The molecule has 1 atom stereocenters. The molecule has 138 valence electrons. The van der Waals surface area contributed by atoms with Gasteiger partial charge >= 0.3 is 0 Å². The van der Waals surface area contributed by atoms with E-state index in [0.29, 0.717) is 6.54 Å². The van der Waals surface area contributed by atoms with Crippen molar-refractivity contribution in [3.05, 3.63) is 59.5 Å². The molecule has 3 rings (SSSR count). The zero-order valence-electron chi connectivity index (χ0n) is 14.5. The monoisotopic (exact) mass is 362 g/mol. The van der Waals surface area contributed by atoms with Crippen LogP contribution in [-0.2, 0) is 6.61 Å². The molecule has 2 aromatic rings. The van der Waals surface area contributed by atoms with Gasteiger partial charge in [-0.05, 0) is 18.6 Å². The van der Waals surface area contributed by atoms with Crippen LogP contribution in [0.3, 0.4) is 0 Å². The highest BCUT2D eigenvalue weighted by Crippen LogP contribution is 2.21. The first-order valence-corrected chi connectivity index (χ1v) is 8.59. The van der Waals surface area contributed by atoms with Crippen molar-refractivity contribution in [1.82, 2.24) is 10.1 Å². The summed E-state index contributed by atoms with van der Waals surface area (Å²) in [5, 5.41) is 3.80. The first kappa shape index (κ1) is 18.1. The van der Waals surface area contributed by atoms with Crippen LogP contribution in [0.15, 0.2) is 40.9 Å². The van der Waals surface area contributed by atoms with Crippen LogP contribution in [0.4, 0.5) is 8.78 Å². The number of carbonyl (C=O) groups is 1. The third-order valence-electron chi connectivity index (χ3n) is 4.22. The highest BCUT2D eigenvalue weighted by Gasteiger charge is 2.27. The van der Waals surface area contributed by atoms with Crippen molar-refractivity contribution in [3.8, 4) is 5.75 Å². The average Bonchev–Trinajstić information content (AvgIpc) is 3.28. The SMILES string of the molecule is CCCCC1C=CCN1C(=O)c1cc(COc2ccc(F)cc2F)on1. The van der Waals surface area contributed by atoms with Gasteiger partial charge in [-0.15, -0.1) is 0 Å². The van der Waals surface area contributed by atoms with Gasteiger partial charge in [0.1, 0.15) is 12.4 Å². The Morgan fingerprint density at radius 2 is 2.23 bits per heavy atom. The maximum atomic E-state index is 13.6. The van der Waals surface area contributed by atoms with Gasteiger partial charge in [0.05, 0.1) is 6.04 Å². The molecule has 1 amide bonds. The molecule has 1 aromatic heterocycles. The predicted octanol–water partition coefficient (Wildman–Crippen LogP) is 4.10. The normalized spacial score (nSPS) is 16.3. The molecule has 1 aliphatic heterocycles. The number of carbonyl (C=O) groups excluding carboxylic acids is 1. The van der Waals surface area contributed by atoms with Crippen LogP contribution in [0.2, 0.25) is 0 Å². The van der Waals surface area contributed by atoms with E-state index >= 15 is 0 Å². The van der Waals surface area contributed by atoms with Crippen LogP contribution >= 0.6 is 0 Å². The van der Waals surface area contributed by atoms with Gasteiger partial charge in [-0.1, -0.05) is 37.1 Å². The van der Waals surface area contributed by atoms with Crippen molar-refractivity contribution in [1.29, 1.82) is 0 Å². The first-order chi connectivity index (χ1) is 12.6. The summed E-state index contributed by atoms with van der Waals surface area (Å²) in [5.41, 5.74) is 0.188. The molecular weight excluding hydrogens is 342 g/mol. The van der Waals surface area contributed by atoms with Gasteiger partial charge in [0.2, 0.25) is 0 Å². The van der Waals surface area contributed by atoms with Gasteiger partial charge in [0.25, 0.3) is 5.91 Å². The Bertz CT molecular complexity index is 804. The lowest BCUT2D eigenvalue weighted by Gasteiger charge is -2.23. The molecule has 0 fully saturated rings. The topological polar surface area (TPSA) is 55.6 Å². The van der Waals surface area contributed by atoms with Crippen molar-refractivity contribution in [2.45, 2.75) is 38.8 Å². The van der Waals surface area contributed by atoms with Gasteiger partial charge in [0.15, 0.2) is 23.0 Å². The van der Waals surface area contributed by atoms with E-state index in [1.165, 1.54) is 12.1 Å². The Labute approximate surface area is 150 Å². The second kappa shape index (κ2) is 8.12. The number of unbranched alkanes of at least 4 members (excludes halogenated alkanes) is 1. The number of nitrogens with zero attached hydrogens (tertiary/aromatic N) is 2. The maximum Gasteiger partial charge on any atom is 0.276 e. The average molecular weight is 362 g/mol. The number of aromatic nitrogens is 1. The van der Waals surface area contributed by atoms with Gasteiger partial charge in [0, 0.05) is 18.7 Å². The van der Waals surface area contributed by atoms with Crippen molar-refractivity contribution < 1.29 is 22.8 Å². The third kappa shape index (κ3) is 4.09. The molecule has 0 saturated carbocycles. The quantitative estimate of drug-likeness (QED) is 0.696. The molecule has 1 unspecified atom stereocenters. The zero-order valence-corrected chi connectivity index (χ0v) is 14.5. The molecule has 1 aliphatic rings. The number of rotatable bonds is 7. The van der Waals surface area contributed by atoms with Crippen molar-refractivity contribution >= 4 is 5.91 Å². The van der Waals surface area contributed by atoms with Gasteiger partial charge < -0.3 is 14.2 Å². The lowest BCUT2D eigenvalue weighted by Crippen LogP contribution is -2.36. The molecule has 0 spiro atoms. The minimum atomic E-state index is -0.803. The lowest BCUT2D eigenvalue weighted by atomic mass is 10.1. The van der Waals surface area contributed by atoms with Crippen molar-refractivity contribution in [3.63, 3.8) is 0 Å². The number of benzene rings is 1. The minimum absolute atomic E-state index is 0.0761. The largest absolute Gasteiger partial charge is 0.482 e. The molecule has 0 bridgehead atoms. The molecule has 26 heavy (non-hydrogen) atoms. The summed E-state index contributed by atoms with van der Waals surface area (Å²) in [6.45, 7) is 2.55. The molecule has 0 saturated heterocycles. The Hall–Kier alpha value is -2.70. The molecule has 7 heteroatoms. The maximum absolute atomic E-state index is 13.6. The van der Waals surface area contributed by atoms with E-state index in [4.69, 9.17) is 9.26 Å². The highest BCUT2D eigenvalue weighted by molar-refractivity contribution is 5.93. The summed E-state index contributed by atoms with van der Waals surface area (Å²) in [6, 6.07) is 4.60. The van der Waals surface area contributed by atoms with Crippen molar-refractivity contribution in [2.24, 2.45) is 0 Å². The smallest absolute Gasteiger partial charge is 0.276 e. The number of hydrogen-bond donors (Lipinski definition) is 0. The Morgan fingerprint density at radius 3 is 3.00 bits per heavy atom. The standard InChI is InChI=1S/C19H20F2N2O3/c1-2-3-5-14-6-4-9-23(14)19(24)17-11-15(26-22-17)12-25-18-8-7-13(20)10-16(18)21/h4,6-8,10-11,14H,2-3,5,9,12H2,1H3. The Balaban J connectivity index is 1.61. The molecular formula is C19H20F2N2O3. The van der Waals surface area contributed by atoms with Crippen LogP contribution in [-0.4, -0.2) is 28.6 Å². The lowest BCUT2D eigenvalue weighted by molar-refractivity contribution is 0.0732. The Kier molecular flexibility index (Phi) is 5.65. The molecule has 0 aliphatic carbocycles. The number of halogens is 2. The molecule has 0 N–H and O–H groups in total. The van der Waals surface area contributed by atoms with Gasteiger partial charge in [-0.3, -0.25) is 4.79 Å². The van der Waals surface area contributed by atoms with Crippen LogP contribution in [0.1, 0.15) is 42.4 Å². The van der Waals surface area contributed by atoms with Crippen LogP contribution < -0.4 is 4.74 Å². The van der Waals surface area contributed by atoms with E-state index in [1.807, 2.05) is 12.2 Å². The Morgan fingerprint density at radius 1 is 1.38 bits per heavy atom. The van der Waals surface area contributed by atoms with E-state index in [2.05, 4.69) is 12.1 Å². The second-order valence-corrected chi connectivity index (χ2v) is 6.14. The summed E-state index contributed by atoms with van der Waals surface area (Å²) in [6.07, 6.45) is 7.03. The summed E-state index contributed by atoms with van der Waals surface area (Å²) in [5.74, 6) is -1.51. The van der Waals surface area contributed by atoms with E-state index in [-0.39, 0.29) is 35.8 Å². The van der Waals surface area contributed by atoms with Crippen LogP contribution in [0.5, 0.6) is 5.75 Å². The molecule has 1 aromatic carbocycles. The minimum Gasteiger partial charge on any atom is -0.482 e. The molecule has 2 heterocycles. The fourth-order valence-electron chi connectivity index (χ4n) is 2.84. The highest BCUT2D eigenvalue weighted by atomic mass is 19.1. The van der Waals surface area contributed by atoms with E-state index in [9.17, 15) is 13.6 Å².